The Morgan fingerprint density at radius 2 is 1.06 bits per heavy atom. The first kappa shape index (κ1) is 23.0. The summed E-state index contributed by atoms with van der Waals surface area (Å²) in [5.41, 5.74) is 2.07. The Balaban J connectivity index is 1.61. The lowest BCUT2D eigenvalue weighted by molar-refractivity contribution is 0.372. The van der Waals surface area contributed by atoms with E-state index in [9.17, 15) is 0 Å². The quantitative estimate of drug-likeness (QED) is 0.349. The lowest BCUT2D eigenvalue weighted by Gasteiger charge is -2.46. The molecule has 2 fully saturated rings. The minimum absolute atomic E-state index is 0.952. The van der Waals surface area contributed by atoms with Crippen LogP contribution in [0.25, 0.3) is 0 Å². The first-order valence-corrected chi connectivity index (χ1v) is 17.3. The monoisotopic (exact) mass is 517 g/mol. The fourth-order valence-electron chi connectivity index (χ4n) is 5.00. The molecule has 34 heavy (non-hydrogen) atoms. The number of hydrogen-bond donors (Lipinski definition) is 4. The van der Waals surface area contributed by atoms with Crippen LogP contribution in [0.3, 0.4) is 0 Å². The largest absolute Gasteiger partial charge is 0.319 e. The zero-order chi connectivity index (χ0) is 22.9. The van der Waals surface area contributed by atoms with E-state index in [0.717, 1.165) is 63.5 Å². The molecule has 2 unspecified atom stereocenters. The number of benzene rings is 2. The van der Waals surface area contributed by atoms with Crippen LogP contribution in [0.4, 0.5) is 11.4 Å². The molecular formula is C22H34N9P3. The molecule has 2 aromatic carbocycles. The lowest BCUT2D eigenvalue weighted by atomic mass is 10.3. The fourth-order valence-corrected chi connectivity index (χ4v) is 18.3. The zero-order valence-electron chi connectivity index (χ0n) is 19.4. The standard InChI is InChI=1S/C22H34N9P3/c1-3-11-21(12-4-1)25-32(26-22-13-5-2-6-14-22)27-33-23-15-9-19-30(33)17-7-8-18-31-20-10-16-24-34(31,28-32)29-33/h1-6,11-14,23-26H,7-10,15-20H2. The Kier molecular flexibility index (Phi) is 6.46. The minimum Gasteiger partial charge on any atom is -0.319 e. The maximum Gasteiger partial charge on any atom is 0.267 e. The maximum absolute atomic E-state index is 5.65. The molecule has 9 nitrogen and oxygen atoms in total. The Morgan fingerprint density at radius 3 is 1.59 bits per heavy atom. The summed E-state index contributed by atoms with van der Waals surface area (Å²) >= 11 is 0. The molecular weight excluding hydrogens is 483 g/mol. The van der Waals surface area contributed by atoms with Crippen molar-refractivity contribution >= 4 is 33.9 Å². The van der Waals surface area contributed by atoms with Crippen LogP contribution >= 0.6 is 22.5 Å². The van der Waals surface area contributed by atoms with E-state index in [1.807, 2.05) is 12.1 Å². The van der Waals surface area contributed by atoms with Gasteiger partial charge in [-0.1, -0.05) is 36.4 Å². The highest BCUT2D eigenvalue weighted by atomic mass is 31.3. The van der Waals surface area contributed by atoms with Gasteiger partial charge >= 0.3 is 0 Å². The Hall–Kier alpha value is -1.43. The number of anilines is 2. The maximum atomic E-state index is 5.65. The van der Waals surface area contributed by atoms with Gasteiger partial charge in [-0.25, -0.2) is 9.34 Å². The van der Waals surface area contributed by atoms with Crippen LogP contribution in [0.5, 0.6) is 0 Å². The summed E-state index contributed by atoms with van der Waals surface area (Å²) in [6.07, 6.45) is 4.62. The van der Waals surface area contributed by atoms with Gasteiger partial charge in [-0.15, -0.1) is 0 Å². The predicted octanol–water partition coefficient (Wildman–Crippen LogP) is 6.45. The Morgan fingerprint density at radius 1 is 0.588 bits per heavy atom. The van der Waals surface area contributed by atoms with E-state index in [4.69, 9.17) is 13.5 Å². The van der Waals surface area contributed by atoms with Gasteiger partial charge in [-0.2, -0.15) is 13.5 Å². The number of rotatable bonds is 4. The molecule has 12 heteroatoms. The molecule has 0 aliphatic carbocycles. The SMILES string of the molecule is c1ccc(NP2(Nc3ccccc3)=NP34=NP5(=N2)NCCCN5CCCCN3CCCN4)cc1. The van der Waals surface area contributed by atoms with E-state index < -0.39 is 22.5 Å². The van der Waals surface area contributed by atoms with Crippen molar-refractivity contribution in [3.05, 3.63) is 60.7 Å². The number of hydrogen-bond acceptors (Lipinski definition) is 9. The van der Waals surface area contributed by atoms with Gasteiger partial charge in [-0.3, -0.25) is 10.2 Å². The van der Waals surface area contributed by atoms with Gasteiger partial charge in [0.2, 0.25) is 15.0 Å². The molecule has 2 saturated heterocycles. The molecule has 4 heterocycles. The van der Waals surface area contributed by atoms with E-state index >= 15 is 0 Å². The normalized spacial score (nSPS) is 31.1. The highest BCUT2D eigenvalue weighted by Crippen LogP contribution is 2.78. The first-order chi connectivity index (χ1) is 16.7. The molecule has 6 rings (SSSR count). The summed E-state index contributed by atoms with van der Waals surface area (Å²) in [4.78, 5) is 0. The van der Waals surface area contributed by atoms with E-state index in [1.54, 1.807) is 0 Å². The summed E-state index contributed by atoms with van der Waals surface area (Å²) in [5.74, 6) is 0. The van der Waals surface area contributed by atoms with Crippen LogP contribution in [-0.4, -0.2) is 48.6 Å². The van der Waals surface area contributed by atoms with Crippen molar-refractivity contribution in [3.63, 3.8) is 0 Å². The number of para-hydroxylation sites is 2. The molecule has 4 aliphatic rings. The minimum atomic E-state index is -2.63. The van der Waals surface area contributed by atoms with Crippen LogP contribution in [-0.2, 0) is 0 Å². The van der Waals surface area contributed by atoms with Crippen molar-refractivity contribution in [2.45, 2.75) is 25.7 Å². The van der Waals surface area contributed by atoms with Crippen molar-refractivity contribution in [1.82, 2.24) is 19.5 Å². The van der Waals surface area contributed by atoms with E-state index in [-0.39, 0.29) is 0 Å². The molecule has 2 atom stereocenters. The topological polar surface area (TPSA) is 91.7 Å². The van der Waals surface area contributed by atoms with Crippen LogP contribution in [0.15, 0.2) is 74.2 Å². The van der Waals surface area contributed by atoms with Crippen LogP contribution in [0.1, 0.15) is 25.7 Å². The first-order valence-electron chi connectivity index (χ1n) is 12.3. The van der Waals surface area contributed by atoms with Crippen LogP contribution in [0, 0.1) is 0 Å². The fraction of sp³-hybridized carbons (Fsp3) is 0.455. The Bertz CT molecular complexity index is 1120. The van der Waals surface area contributed by atoms with E-state index in [0.29, 0.717) is 0 Å². The number of nitrogens with one attached hydrogen (secondary N) is 4. The van der Waals surface area contributed by atoms with Gasteiger partial charge in [0.15, 0.2) is 0 Å². The van der Waals surface area contributed by atoms with Gasteiger partial charge in [0.25, 0.3) is 7.51 Å². The van der Waals surface area contributed by atoms with Crippen LogP contribution in [0.2, 0.25) is 0 Å². The molecule has 0 saturated carbocycles. The van der Waals surface area contributed by atoms with Crippen molar-refractivity contribution in [3.8, 4) is 0 Å². The van der Waals surface area contributed by atoms with Crippen molar-refractivity contribution in [1.29, 1.82) is 0 Å². The average molecular weight is 517 g/mol. The summed E-state index contributed by atoms with van der Waals surface area (Å²) < 4.78 is 22.1. The third kappa shape index (κ3) is 4.44. The van der Waals surface area contributed by atoms with Gasteiger partial charge < -0.3 is 10.2 Å². The third-order valence-electron chi connectivity index (χ3n) is 6.58. The second-order valence-electron chi connectivity index (χ2n) is 9.10. The smallest absolute Gasteiger partial charge is 0.267 e. The summed E-state index contributed by atoms with van der Waals surface area (Å²) in [5, 5.41) is 15.4. The molecule has 2 spiro atoms. The zero-order valence-corrected chi connectivity index (χ0v) is 22.1. The third-order valence-corrected chi connectivity index (χ3v) is 17.5. The summed E-state index contributed by atoms with van der Waals surface area (Å²) in [7, 11) is -7.29. The van der Waals surface area contributed by atoms with E-state index in [2.05, 4.69) is 78.2 Å². The van der Waals surface area contributed by atoms with Crippen molar-refractivity contribution in [2.24, 2.45) is 13.5 Å². The van der Waals surface area contributed by atoms with Gasteiger partial charge in [0, 0.05) is 50.6 Å². The molecule has 4 aliphatic heterocycles. The molecule has 4 N–H and O–H groups in total. The predicted molar refractivity (Wildman–Crippen MR) is 146 cm³/mol. The molecule has 0 aromatic heterocycles. The molecule has 2 aromatic rings. The van der Waals surface area contributed by atoms with E-state index in [1.165, 1.54) is 12.8 Å². The summed E-state index contributed by atoms with van der Waals surface area (Å²) in [6, 6.07) is 20.8. The van der Waals surface area contributed by atoms with Gasteiger partial charge in [0.05, 0.1) is 0 Å². The highest BCUT2D eigenvalue weighted by molar-refractivity contribution is 7.85. The summed E-state index contributed by atoms with van der Waals surface area (Å²) in [6.45, 7) is 6.08. The Labute approximate surface area is 202 Å². The second kappa shape index (κ2) is 9.55. The van der Waals surface area contributed by atoms with Crippen LogP contribution < -0.4 is 20.3 Å². The van der Waals surface area contributed by atoms with Gasteiger partial charge in [-0.05, 0) is 49.9 Å². The second-order valence-corrected chi connectivity index (χ2v) is 16.9. The average Bonchev–Trinajstić information content (AvgIpc) is 2.89. The molecule has 0 radical (unpaired) electrons. The molecule has 0 amide bonds. The molecule has 2 bridgehead atoms. The lowest BCUT2D eigenvalue weighted by Crippen LogP contribution is -2.38. The highest BCUT2D eigenvalue weighted by Gasteiger charge is 2.45. The van der Waals surface area contributed by atoms with Crippen molar-refractivity contribution in [2.75, 3.05) is 49.4 Å². The van der Waals surface area contributed by atoms with Crippen molar-refractivity contribution < 1.29 is 0 Å². The number of nitrogens with zero attached hydrogens (tertiary/aromatic N) is 5. The van der Waals surface area contributed by atoms with Gasteiger partial charge in [0.1, 0.15) is 0 Å². The molecule has 182 valence electrons.